The molecule has 0 saturated heterocycles. The molecule has 0 aliphatic heterocycles. The summed E-state index contributed by atoms with van der Waals surface area (Å²) in [5.41, 5.74) is 8.00. The highest BCUT2D eigenvalue weighted by atomic mass is 35.5. The van der Waals surface area contributed by atoms with Crippen molar-refractivity contribution in [2.75, 3.05) is 25.2 Å². The molecule has 0 bridgehead atoms. The highest BCUT2D eigenvalue weighted by Gasteiger charge is 2.16. The lowest BCUT2D eigenvalue weighted by atomic mass is 10.1. The van der Waals surface area contributed by atoms with Gasteiger partial charge < -0.3 is 15.4 Å². The number of hydrogen-bond acceptors (Lipinski definition) is 3. The van der Waals surface area contributed by atoms with E-state index in [9.17, 15) is 0 Å². The zero-order valence-electron chi connectivity index (χ0n) is 12.3. The van der Waals surface area contributed by atoms with Gasteiger partial charge in [0.25, 0.3) is 0 Å². The van der Waals surface area contributed by atoms with E-state index in [1.807, 2.05) is 19.1 Å². The number of rotatable bonds is 7. The van der Waals surface area contributed by atoms with E-state index in [4.69, 9.17) is 22.1 Å². The maximum atomic E-state index is 6.41. The molecule has 2 N–H and O–H groups in total. The fourth-order valence-electron chi connectivity index (χ4n) is 2.03. The van der Waals surface area contributed by atoms with E-state index < -0.39 is 0 Å². The molecule has 0 aliphatic carbocycles. The third-order valence-electron chi connectivity index (χ3n) is 3.47. The first-order valence-corrected chi connectivity index (χ1v) is 7.19. The second-order valence-electron chi connectivity index (χ2n) is 4.94. The van der Waals surface area contributed by atoms with Gasteiger partial charge in [-0.25, -0.2) is 0 Å². The van der Waals surface area contributed by atoms with E-state index >= 15 is 0 Å². The Morgan fingerprint density at radius 3 is 2.53 bits per heavy atom. The van der Waals surface area contributed by atoms with Crippen LogP contribution in [0.2, 0.25) is 5.02 Å². The molecule has 0 aliphatic rings. The summed E-state index contributed by atoms with van der Waals surface area (Å²) in [7, 11) is 1.72. The van der Waals surface area contributed by atoms with Crippen molar-refractivity contribution in [2.45, 2.75) is 39.3 Å². The molecule has 1 unspecified atom stereocenters. The molecule has 1 aromatic carbocycles. The average molecular weight is 285 g/mol. The molecular formula is C15H25ClN2O. The minimum absolute atomic E-state index is 0.00238. The van der Waals surface area contributed by atoms with Gasteiger partial charge in [0.05, 0.1) is 17.3 Å². The van der Waals surface area contributed by atoms with Gasteiger partial charge in [-0.05, 0) is 38.0 Å². The van der Waals surface area contributed by atoms with Crippen LogP contribution in [-0.2, 0) is 4.74 Å². The lowest BCUT2D eigenvalue weighted by Crippen LogP contribution is -2.35. The molecule has 2 atom stereocenters. The third kappa shape index (κ3) is 4.37. The number of benzene rings is 1. The lowest BCUT2D eigenvalue weighted by molar-refractivity contribution is 0.203. The monoisotopic (exact) mass is 284 g/mol. The summed E-state index contributed by atoms with van der Waals surface area (Å²) in [6.07, 6.45) is 1.06. The van der Waals surface area contributed by atoms with E-state index in [0.717, 1.165) is 29.2 Å². The number of nitrogens with zero attached hydrogens (tertiary/aromatic N) is 1. The summed E-state index contributed by atoms with van der Waals surface area (Å²) >= 11 is 6.41. The van der Waals surface area contributed by atoms with Gasteiger partial charge in [-0.15, -0.1) is 0 Å². The van der Waals surface area contributed by atoms with Crippen LogP contribution in [0.25, 0.3) is 0 Å². The fourth-order valence-corrected chi connectivity index (χ4v) is 2.33. The van der Waals surface area contributed by atoms with Crippen molar-refractivity contribution in [2.24, 2.45) is 5.73 Å². The number of ether oxygens (including phenoxy) is 1. The molecule has 3 nitrogen and oxygen atoms in total. The highest BCUT2D eigenvalue weighted by Crippen LogP contribution is 2.30. The molecule has 1 aromatic rings. The number of nitrogens with two attached hydrogens (primary N) is 1. The van der Waals surface area contributed by atoms with Crippen molar-refractivity contribution in [1.82, 2.24) is 0 Å². The Hall–Kier alpha value is -0.770. The Morgan fingerprint density at radius 2 is 2.05 bits per heavy atom. The molecule has 108 valence electrons. The van der Waals surface area contributed by atoms with E-state index in [-0.39, 0.29) is 6.04 Å². The van der Waals surface area contributed by atoms with E-state index in [0.29, 0.717) is 12.6 Å². The molecule has 1 rings (SSSR count). The van der Waals surface area contributed by atoms with Gasteiger partial charge in [0.15, 0.2) is 0 Å². The summed E-state index contributed by atoms with van der Waals surface area (Å²) in [5.74, 6) is 0. The number of anilines is 1. The zero-order valence-corrected chi connectivity index (χ0v) is 13.1. The first kappa shape index (κ1) is 16.3. The lowest BCUT2D eigenvalue weighted by Gasteiger charge is -2.31. The molecule has 0 saturated carbocycles. The van der Waals surface area contributed by atoms with E-state index in [1.165, 1.54) is 0 Å². The SMILES string of the molecule is CCC(C)N(CCOC)c1ccc([C@@H](C)N)cc1Cl. The van der Waals surface area contributed by atoms with Crippen molar-refractivity contribution in [1.29, 1.82) is 0 Å². The van der Waals surface area contributed by atoms with Crippen LogP contribution < -0.4 is 10.6 Å². The standard InChI is InChI=1S/C15H25ClN2O/c1-5-11(2)18(8-9-19-4)15-7-6-13(12(3)17)10-14(15)16/h6-7,10-12H,5,8-9,17H2,1-4H3/t11?,12-/m1/s1. The summed E-state index contributed by atoms with van der Waals surface area (Å²) in [5, 5.41) is 0.756. The Kier molecular flexibility index (Phi) is 6.63. The second kappa shape index (κ2) is 7.73. The largest absolute Gasteiger partial charge is 0.383 e. The van der Waals surface area contributed by atoms with Crippen LogP contribution in [0.15, 0.2) is 18.2 Å². The Labute approximate surface area is 121 Å². The molecule has 0 heterocycles. The summed E-state index contributed by atoms with van der Waals surface area (Å²) in [6.45, 7) is 7.86. The molecular weight excluding hydrogens is 260 g/mol. The van der Waals surface area contributed by atoms with Crippen LogP contribution in [0, 0.1) is 0 Å². The summed E-state index contributed by atoms with van der Waals surface area (Å²) < 4.78 is 5.19. The van der Waals surface area contributed by atoms with Crippen molar-refractivity contribution >= 4 is 17.3 Å². The van der Waals surface area contributed by atoms with Crippen molar-refractivity contribution in [3.8, 4) is 0 Å². The van der Waals surface area contributed by atoms with E-state index in [2.05, 4.69) is 24.8 Å². The number of hydrogen-bond donors (Lipinski definition) is 1. The number of halogens is 1. The van der Waals surface area contributed by atoms with Crippen molar-refractivity contribution < 1.29 is 4.74 Å². The van der Waals surface area contributed by atoms with Crippen molar-refractivity contribution in [3.63, 3.8) is 0 Å². The minimum atomic E-state index is 0.00238. The third-order valence-corrected chi connectivity index (χ3v) is 3.77. The van der Waals surface area contributed by atoms with Crippen LogP contribution in [0.3, 0.4) is 0 Å². The van der Waals surface area contributed by atoms with E-state index in [1.54, 1.807) is 7.11 Å². The normalized spacial score (nSPS) is 14.2. The van der Waals surface area contributed by atoms with Gasteiger partial charge in [0.1, 0.15) is 0 Å². The molecule has 4 heteroatoms. The molecule has 19 heavy (non-hydrogen) atoms. The quantitative estimate of drug-likeness (QED) is 0.831. The van der Waals surface area contributed by atoms with Gasteiger partial charge in [0.2, 0.25) is 0 Å². The Balaban J connectivity index is 3.01. The van der Waals surface area contributed by atoms with Gasteiger partial charge >= 0.3 is 0 Å². The predicted molar refractivity (Wildman–Crippen MR) is 83.0 cm³/mol. The fraction of sp³-hybridized carbons (Fsp3) is 0.600. The summed E-state index contributed by atoms with van der Waals surface area (Å²) in [6, 6.07) is 6.50. The van der Waals surface area contributed by atoms with Crippen LogP contribution >= 0.6 is 11.6 Å². The Morgan fingerprint density at radius 1 is 1.37 bits per heavy atom. The maximum absolute atomic E-state index is 6.41. The van der Waals surface area contributed by atoms with Gasteiger partial charge in [-0.3, -0.25) is 0 Å². The van der Waals surface area contributed by atoms with Gasteiger partial charge in [-0.2, -0.15) is 0 Å². The van der Waals surface area contributed by atoms with Crippen molar-refractivity contribution in [3.05, 3.63) is 28.8 Å². The smallest absolute Gasteiger partial charge is 0.0643 e. The Bertz CT molecular complexity index is 396. The molecule has 0 amide bonds. The van der Waals surface area contributed by atoms with Crippen LogP contribution in [0.5, 0.6) is 0 Å². The summed E-state index contributed by atoms with van der Waals surface area (Å²) in [4.78, 5) is 2.29. The maximum Gasteiger partial charge on any atom is 0.0643 e. The molecule has 0 aromatic heterocycles. The van der Waals surface area contributed by atoms with Gasteiger partial charge in [-0.1, -0.05) is 24.6 Å². The highest BCUT2D eigenvalue weighted by molar-refractivity contribution is 6.33. The first-order valence-electron chi connectivity index (χ1n) is 6.81. The topological polar surface area (TPSA) is 38.5 Å². The minimum Gasteiger partial charge on any atom is -0.383 e. The molecule has 0 spiro atoms. The predicted octanol–water partition coefficient (Wildman–Crippen LogP) is 3.61. The molecule has 0 fully saturated rings. The van der Waals surface area contributed by atoms with Crippen LogP contribution in [0.4, 0.5) is 5.69 Å². The molecule has 0 radical (unpaired) electrons. The first-order chi connectivity index (χ1) is 9.01. The zero-order chi connectivity index (χ0) is 14.4. The average Bonchev–Trinajstić information content (AvgIpc) is 2.39. The van der Waals surface area contributed by atoms with Crippen LogP contribution in [0.1, 0.15) is 38.8 Å². The second-order valence-corrected chi connectivity index (χ2v) is 5.35. The van der Waals surface area contributed by atoms with Crippen LogP contribution in [-0.4, -0.2) is 26.3 Å². The number of methoxy groups -OCH3 is 1. The van der Waals surface area contributed by atoms with Gasteiger partial charge in [0, 0.05) is 25.7 Å².